The molecule has 3 atom stereocenters. The molecule has 1 aromatic rings. The Morgan fingerprint density at radius 1 is 1.53 bits per heavy atom. The molecule has 1 aromatic heterocycles. The average molecular weight is 287 g/mol. The molecule has 1 saturated heterocycles. The summed E-state index contributed by atoms with van der Waals surface area (Å²) in [7, 11) is 0. The van der Waals surface area contributed by atoms with Crippen molar-refractivity contribution in [1.29, 1.82) is 0 Å². The Morgan fingerprint density at radius 2 is 2.26 bits per heavy atom. The third-order valence-corrected chi connectivity index (χ3v) is 4.58. The van der Waals surface area contributed by atoms with Crippen molar-refractivity contribution in [2.45, 2.75) is 42.9 Å². The number of aryl methyl sites for hydroxylation is 1. The van der Waals surface area contributed by atoms with E-state index in [1.165, 1.54) is 16.4 Å². The average Bonchev–Trinajstić information content (AvgIpc) is 2.74. The number of H-pyrrole nitrogens is 1. The molecular formula is C11H17N3O4S. The predicted molar refractivity (Wildman–Crippen MR) is 71.2 cm³/mol. The van der Waals surface area contributed by atoms with Crippen LogP contribution >= 0.6 is 11.8 Å². The fourth-order valence-electron chi connectivity index (χ4n) is 2.07. The van der Waals surface area contributed by atoms with Crippen molar-refractivity contribution >= 4 is 11.8 Å². The Kier molecular flexibility index (Phi) is 4.43. The second-order valence-corrected chi connectivity index (χ2v) is 5.94. The van der Waals surface area contributed by atoms with Gasteiger partial charge in [-0.1, -0.05) is 13.3 Å². The number of aromatic nitrogens is 3. The molecule has 3 N–H and O–H groups in total. The fourth-order valence-corrected chi connectivity index (χ4v) is 3.42. The number of nitrogens with zero attached hydrogens (tertiary/aromatic N) is 2. The van der Waals surface area contributed by atoms with Gasteiger partial charge in [-0.25, -0.2) is 9.48 Å². The van der Waals surface area contributed by atoms with Crippen molar-refractivity contribution in [3.8, 4) is 0 Å². The molecule has 0 unspecified atom stereocenters. The minimum atomic E-state index is -0.671. The third-order valence-electron chi connectivity index (χ3n) is 3.06. The lowest BCUT2D eigenvalue weighted by atomic mass is 10.2. The van der Waals surface area contributed by atoms with Gasteiger partial charge in [0.25, 0.3) is 5.56 Å². The number of thioether (sulfide) groups is 1. The van der Waals surface area contributed by atoms with Crippen LogP contribution < -0.4 is 11.2 Å². The Morgan fingerprint density at radius 3 is 2.84 bits per heavy atom. The zero-order valence-electron chi connectivity index (χ0n) is 10.6. The first-order chi connectivity index (χ1) is 9.06. The molecule has 1 aliphatic rings. The van der Waals surface area contributed by atoms with E-state index in [2.05, 4.69) is 10.1 Å². The number of aliphatic hydroxyl groups is 2. The fraction of sp³-hybridized carbons (Fsp3) is 0.727. The molecule has 1 aliphatic heterocycles. The van der Waals surface area contributed by atoms with Crippen LogP contribution in [-0.4, -0.2) is 42.9 Å². The van der Waals surface area contributed by atoms with Gasteiger partial charge in [-0.15, -0.1) is 11.8 Å². The Balaban J connectivity index is 2.33. The zero-order chi connectivity index (χ0) is 14.0. The van der Waals surface area contributed by atoms with Crippen LogP contribution in [0.5, 0.6) is 0 Å². The number of aliphatic hydroxyl groups excluding tert-OH is 2. The van der Waals surface area contributed by atoms with E-state index in [0.29, 0.717) is 18.5 Å². The molecule has 2 heterocycles. The highest BCUT2D eigenvalue weighted by atomic mass is 32.2. The number of hydrogen-bond acceptors (Lipinski definition) is 6. The lowest BCUT2D eigenvalue weighted by Crippen LogP contribution is -2.36. The number of aromatic amines is 1. The summed E-state index contributed by atoms with van der Waals surface area (Å²) in [4.78, 5) is 25.6. The van der Waals surface area contributed by atoms with E-state index >= 15 is 0 Å². The monoisotopic (exact) mass is 287 g/mol. The molecule has 0 spiro atoms. The minimum Gasteiger partial charge on any atom is -0.395 e. The van der Waals surface area contributed by atoms with Gasteiger partial charge < -0.3 is 10.2 Å². The first-order valence-corrected chi connectivity index (χ1v) is 7.17. The van der Waals surface area contributed by atoms with E-state index in [-0.39, 0.29) is 17.2 Å². The zero-order valence-corrected chi connectivity index (χ0v) is 11.4. The summed E-state index contributed by atoms with van der Waals surface area (Å²) in [5.41, 5.74) is -0.705. The summed E-state index contributed by atoms with van der Waals surface area (Å²) in [6, 6.07) is 0. The van der Waals surface area contributed by atoms with Crippen molar-refractivity contribution in [3.05, 3.63) is 26.5 Å². The Labute approximate surface area is 113 Å². The maximum atomic E-state index is 11.8. The first kappa shape index (κ1) is 14.3. The van der Waals surface area contributed by atoms with Crippen LogP contribution in [0.4, 0.5) is 0 Å². The molecule has 2 rings (SSSR count). The van der Waals surface area contributed by atoms with Crippen LogP contribution in [0.15, 0.2) is 9.59 Å². The van der Waals surface area contributed by atoms with Crippen molar-refractivity contribution < 1.29 is 10.2 Å². The largest absolute Gasteiger partial charge is 0.395 e. The van der Waals surface area contributed by atoms with Gasteiger partial charge in [0, 0.05) is 6.42 Å². The molecule has 0 radical (unpaired) electrons. The smallest absolute Gasteiger partial charge is 0.345 e. The van der Waals surface area contributed by atoms with Gasteiger partial charge in [-0.05, 0) is 6.42 Å². The number of hydrogen-bond donors (Lipinski definition) is 3. The number of nitrogens with one attached hydrogen (secondary N) is 1. The summed E-state index contributed by atoms with van der Waals surface area (Å²) in [5, 5.41) is 22.3. The molecular weight excluding hydrogens is 270 g/mol. The molecule has 0 bridgehead atoms. The van der Waals surface area contributed by atoms with E-state index < -0.39 is 17.4 Å². The SMILES string of the molecule is CCCc1nn([C@@H]2C[C@H](O)[C@@H](CO)S2)c(=O)[nH]c1=O. The van der Waals surface area contributed by atoms with Gasteiger partial charge in [0.2, 0.25) is 0 Å². The highest BCUT2D eigenvalue weighted by molar-refractivity contribution is 8.00. The maximum Gasteiger partial charge on any atom is 0.345 e. The van der Waals surface area contributed by atoms with Crippen molar-refractivity contribution in [3.63, 3.8) is 0 Å². The highest BCUT2D eigenvalue weighted by Gasteiger charge is 2.35. The van der Waals surface area contributed by atoms with Crippen LogP contribution in [0, 0.1) is 0 Å². The predicted octanol–water partition coefficient (Wildman–Crippen LogP) is -0.759. The molecule has 1 fully saturated rings. The van der Waals surface area contributed by atoms with Crippen LogP contribution in [0.25, 0.3) is 0 Å². The van der Waals surface area contributed by atoms with Crippen LogP contribution in [0.1, 0.15) is 30.8 Å². The quantitative estimate of drug-likeness (QED) is 0.672. The van der Waals surface area contributed by atoms with Crippen molar-refractivity contribution in [1.82, 2.24) is 14.8 Å². The Bertz CT molecular complexity index is 556. The van der Waals surface area contributed by atoms with Gasteiger partial charge in [0.15, 0.2) is 0 Å². The van der Waals surface area contributed by atoms with Crippen LogP contribution in [0.3, 0.4) is 0 Å². The second kappa shape index (κ2) is 5.89. The van der Waals surface area contributed by atoms with Gasteiger partial charge in [-0.2, -0.15) is 5.10 Å². The normalized spacial score (nSPS) is 26.8. The summed E-state index contributed by atoms with van der Waals surface area (Å²) in [6.45, 7) is 1.77. The lowest BCUT2D eigenvalue weighted by Gasteiger charge is -2.12. The maximum absolute atomic E-state index is 11.8. The van der Waals surface area contributed by atoms with Crippen LogP contribution in [-0.2, 0) is 6.42 Å². The third kappa shape index (κ3) is 2.90. The minimum absolute atomic E-state index is 0.151. The Hall–Kier alpha value is -1.12. The molecule has 0 amide bonds. The van der Waals surface area contributed by atoms with E-state index in [0.717, 1.165) is 6.42 Å². The topological polar surface area (TPSA) is 108 Å². The summed E-state index contributed by atoms with van der Waals surface area (Å²) in [6.07, 6.45) is 0.920. The summed E-state index contributed by atoms with van der Waals surface area (Å²) in [5.74, 6) is 0. The summed E-state index contributed by atoms with van der Waals surface area (Å²) < 4.78 is 1.20. The van der Waals surface area contributed by atoms with Gasteiger partial charge in [0.05, 0.1) is 18.0 Å². The van der Waals surface area contributed by atoms with E-state index in [9.17, 15) is 14.7 Å². The standard InChI is InChI=1S/C11H17N3O4S/c1-2-3-6-10(17)12-11(18)14(13-6)9-4-7(16)8(5-15)19-9/h7-9,15-16H,2-5H2,1H3,(H,12,17,18)/t7-,8+,9-/m0/s1. The highest BCUT2D eigenvalue weighted by Crippen LogP contribution is 2.40. The molecule has 0 aromatic carbocycles. The number of rotatable bonds is 4. The molecule has 0 aliphatic carbocycles. The molecule has 106 valence electrons. The second-order valence-electron chi connectivity index (χ2n) is 4.52. The van der Waals surface area contributed by atoms with Gasteiger partial charge >= 0.3 is 5.69 Å². The van der Waals surface area contributed by atoms with Crippen LogP contribution in [0.2, 0.25) is 0 Å². The van der Waals surface area contributed by atoms with E-state index in [1.807, 2.05) is 6.92 Å². The molecule has 8 heteroatoms. The van der Waals surface area contributed by atoms with Crippen molar-refractivity contribution in [2.24, 2.45) is 0 Å². The molecule has 19 heavy (non-hydrogen) atoms. The van der Waals surface area contributed by atoms with Crippen molar-refractivity contribution in [2.75, 3.05) is 6.61 Å². The molecule has 7 nitrogen and oxygen atoms in total. The first-order valence-electron chi connectivity index (χ1n) is 6.23. The summed E-state index contributed by atoms with van der Waals surface area (Å²) >= 11 is 1.30. The van der Waals surface area contributed by atoms with Gasteiger partial charge in [-0.3, -0.25) is 9.78 Å². The van der Waals surface area contributed by atoms with E-state index in [1.54, 1.807) is 0 Å². The van der Waals surface area contributed by atoms with Gasteiger partial charge in [0.1, 0.15) is 11.1 Å². The van der Waals surface area contributed by atoms with E-state index in [4.69, 9.17) is 5.11 Å². The lowest BCUT2D eigenvalue weighted by molar-refractivity contribution is 0.136. The molecule has 0 saturated carbocycles.